The van der Waals surface area contributed by atoms with Crippen molar-refractivity contribution in [3.63, 3.8) is 0 Å². The van der Waals surface area contributed by atoms with Crippen LogP contribution in [0.15, 0.2) is 60.7 Å². The Hall–Kier alpha value is -1.38. The number of benzene rings is 3. The minimum absolute atomic E-state index is 0. The summed E-state index contributed by atoms with van der Waals surface area (Å²) in [7, 11) is 0. The third-order valence-electron chi connectivity index (χ3n) is 3.90. The molecule has 0 nitrogen and oxygen atoms in total. The molecule has 3 heteroatoms. The summed E-state index contributed by atoms with van der Waals surface area (Å²) in [6, 6.07) is 21.4. The van der Waals surface area contributed by atoms with E-state index in [1.165, 1.54) is 28.8 Å². The first kappa shape index (κ1) is 19.0. The fraction of sp³-hybridized carbons (Fsp3) is 0.143. The van der Waals surface area contributed by atoms with E-state index in [4.69, 9.17) is 0 Å². The molecule has 0 aliphatic heterocycles. The topological polar surface area (TPSA) is 0 Å². The predicted molar refractivity (Wildman–Crippen MR) is 89.2 cm³/mol. The van der Waals surface area contributed by atoms with Gasteiger partial charge in [0.1, 0.15) is 0 Å². The van der Waals surface area contributed by atoms with E-state index in [9.17, 15) is 8.78 Å². The zero-order valence-corrected chi connectivity index (χ0v) is 16.4. The molecular weight excluding hydrogens is 379 g/mol. The molecule has 3 rings (SSSR count). The minimum Gasteiger partial charge on any atom is -0.236 e. The summed E-state index contributed by atoms with van der Waals surface area (Å²) in [6.45, 7) is 2.07. The largest absolute Gasteiger partial charge is 0.236 e. The fourth-order valence-corrected chi connectivity index (χ4v) is 2.60. The Labute approximate surface area is 166 Å². The maximum absolute atomic E-state index is 13.1. The Bertz CT molecular complexity index is 773. The summed E-state index contributed by atoms with van der Waals surface area (Å²) >= 11 is 0. The van der Waals surface area contributed by atoms with Crippen molar-refractivity contribution >= 4 is 0 Å². The van der Waals surface area contributed by atoms with E-state index in [2.05, 4.69) is 55.5 Å². The van der Waals surface area contributed by atoms with E-state index in [1.54, 1.807) is 0 Å². The summed E-state index contributed by atoms with van der Waals surface area (Å²) in [5.74, 6) is -1.29. The molecule has 0 aromatic heterocycles. The van der Waals surface area contributed by atoms with Crippen LogP contribution < -0.4 is 0 Å². The molecule has 119 valence electrons. The second kappa shape index (κ2) is 8.64. The van der Waals surface area contributed by atoms with E-state index in [-0.39, 0.29) is 32.7 Å². The van der Waals surface area contributed by atoms with Crippen molar-refractivity contribution < 1.29 is 41.5 Å². The standard InChI is InChI=1S/C21H17F2.Y/c1-15-2-8-18(9-3-15)19-10-6-16(7-11-19)4-5-17-12-20(22)14-21(23)13-17;/h2-3,6-13H,4-5H2,1H3;/q-1;. The number of rotatable bonds is 4. The van der Waals surface area contributed by atoms with Crippen LogP contribution in [0.1, 0.15) is 16.7 Å². The van der Waals surface area contributed by atoms with E-state index >= 15 is 0 Å². The number of hydrogen-bond donors (Lipinski definition) is 0. The second-order valence-corrected chi connectivity index (χ2v) is 5.75. The normalized spacial score (nSPS) is 10.3. The molecule has 0 aliphatic carbocycles. The van der Waals surface area contributed by atoms with Crippen LogP contribution in [0, 0.1) is 24.6 Å². The Morgan fingerprint density at radius 1 is 0.708 bits per heavy atom. The van der Waals surface area contributed by atoms with Gasteiger partial charge in [0.25, 0.3) is 0 Å². The zero-order valence-electron chi connectivity index (χ0n) is 13.5. The van der Waals surface area contributed by atoms with Gasteiger partial charge in [0, 0.05) is 44.3 Å². The van der Waals surface area contributed by atoms with Gasteiger partial charge in [0.2, 0.25) is 0 Å². The van der Waals surface area contributed by atoms with Crippen molar-refractivity contribution in [2.24, 2.45) is 0 Å². The van der Waals surface area contributed by atoms with Gasteiger partial charge < -0.3 is 0 Å². The maximum Gasteiger partial charge on any atom is 0.0139 e. The molecule has 0 unspecified atom stereocenters. The van der Waals surface area contributed by atoms with Crippen LogP contribution in [0.2, 0.25) is 0 Å². The van der Waals surface area contributed by atoms with Gasteiger partial charge in [0.05, 0.1) is 0 Å². The summed E-state index contributed by atoms with van der Waals surface area (Å²) in [5.41, 5.74) is 5.39. The molecule has 3 aromatic carbocycles. The van der Waals surface area contributed by atoms with E-state index < -0.39 is 11.6 Å². The Morgan fingerprint density at radius 3 is 1.71 bits per heavy atom. The summed E-state index contributed by atoms with van der Waals surface area (Å²) in [5, 5.41) is 0. The quantitative estimate of drug-likeness (QED) is 0.510. The van der Waals surface area contributed by atoms with Gasteiger partial charge in [-0.25, -0.2) is 8.78 Å². The van der Waals surface area contributed by atoms with Crippen LogP contribution in [-0.2, 0) is 45.6 Å². The third-order valence-corrected chi connectivity index (χ3v) is 3.90. The van der Waals surface area contributed by atoms with E-state index in [1.807, 2.05) is 6.07 Å². The van der Waals surface area contributed by atoms with Crippen molar-refractivity contribution in [2.45, 2.75) is 19.8 Å². The zero-order chi connectivity index (χ0) is 16.2. The molecule has 3 aromatic rings. The number of hydrogen-bond acceptors (Lipinski definition) is 0. The van der Waals surface area contributed by atoms with Crippen LogP contribution >= 0.6 is 0 Å². The van der Waals surface area contributed by atoms with Crippen LogP contribution in [0.25, 0.3) is 11.1 Å². The molecule has 0 spiro atoms. The van der Waals surface area contributed by atoms with Gasteiger partial charge in [0.15, 0.2) is 0 Å². The second-order valence-electron chi connectivity index (χ2n) is 5.75. The van der Waals surface area contributed by atoms with Crippen LogP contribution in [0.5, 0.6) is 0 Å². The van der Waals surface area contributed by atoms with Crippen LogP contribution in [0.4, 0.5) is 8.78 Å². The monoisotopic (exact) mass is 396 g/mol. The average molecular weight is 396 g/mol. The van der Waals surface area contributed by atoms with E-state index in [0.717, 1.165) is 12.0 Å². The fourth-order valence-electron chi connectivity index (χ4n) is 2.60. The molecule has 0 amide bonds. The molecule has 0 saturated carbocycles. The van der Waals surface area contributed by atoms with Gasteiger partial charge in [-0.2, -0.15) is 5.56 Å². The first-order valence-corrected chi connectivity index (χ1v) is 7.63. The molecule has 0 bridgehead atoms. The SMILES string of the molecule is Cc1ccc(-c2ccc(CCc3cc(F)[c-]c(F)c3)cc2)cc1.[Y]. The molecule has 0 heterocycles. The molecular formula is C21H17F2Y-. The molecule has 0 atom stereocenters. The van der Waals surface area contributed by atoms with Crippen molar-refractivity contribution in [2.75, 3.05) is 0 Å². The van der Waals surface area contributed by atoms with Crippen molar-refractivity contribution in [1.82, 2.24) is 0 Å². The van der Waals surface area contributed by atoms with Gasteiger partial charge in [-0.1, -0.05) is 54.1 Å². The van der Waals surface area contributed by atoms with Gasteiger partial charge >= 0.3 is 0 Å². The number of aryl methyl sites for hydroxylation is 3. The van der Waals surface area contributed by atoms with Crippen LogP contribution in [0.3, 0.4) is 0 Å². The first-order valence-electron chi connectivity index (χ1n) is 7.63. The third kappa shape index (κ3) is 5.06. The molecule has 0 fully saturated rings. The minimum atomic E-state index is -0.644. The van der Waals surface area contributed by atoms with E-state index in [0.29, 0.717) is 12.0 Å². The van der Waals surface area contributed by atoms with Gasteiger partial charge in [-0.05, 0) is 36.5 Å². The summed E-state index contributed by atoms with van der Waals surface area (Å²) < 4.78 is 26.3. The Balaban J connectivity index is 0.00000208. The maximum atomic E-state index is 13.1. The molecule has 0 N–H and O–H groups in total. The summed E-state index contributed by atoms with van der Waals surface area (Å²) in [6.07, 6.45) is 1.35. The van der Waals surface area contributed by atoms with Crippen molar-refractivity contribution in [3.05, 3.63) is 95.1 Å². The average Bonchev–Trinajstić information content (AvgIpc) is 2.53. The predicted octanol–water partition coefficient (Wildman–Crippen LogP) is 5.52. The van der Waals surface area contributed by atoms with Crippen molar-refractivity contribution in [1.29, 1.82) is 0 Å². The van der Waals surface area contributed by atoms with Crippen molar-refractivity contribution in [3.8, 4) is 11.1 Å². The number of halogens is 2. The molecule has 1 radical (unpaired) electrons. The Morgan fingerprint density at radius 2 is 1.17 bits per heavy atom. The van der Waals surface area contributed by atoms with Crippen LogP contribution in [-0.4, -0.2) is 0 Å². The van der Waals surface area contributed by atoms with Gasteiger partial charge in [-0.15, -0.1) is 18.2 Å². The molecule has 0 aliphatic rings. The Kier molecular flexibility index (Phi) is 6.83. The molecule has 0 saturated heterocycles. The summed E-state index contributed by atoms with van der Waals surface area (Å²) in [4.78, 5) is 0. The smallest absolute Gasteiger partial charge is 0.0139 e. The molecule has 24 heavy (non-hydrogen) atoms. The first-order chi connectivity index (χ1) is 11.1. The van der Waals surface area contributed by atoms with Gasteiger partial charge in [-0.3, -0.25) is 0 Å².